The SMILES string of the molecule is Cc1c(-c2cc(C(F)(F)F)nc3sc(C(N)=O)c(NC(=O)CCn4ccc([N+](=O)[O-])n4)c23)cnn1C. The molecule has 4 heterocycles. The highest BCUT2D eigenvalue weighted by molar-refractivity contribution is 7.21. The number of nitro groups is 1. The van der Waals surface area contributed by atoms with Gasteiger partial charge in [0, 0.05) is 30.1 Å². The lowest BCUT2D eigenvalue weighted by atomic mass is 10.0. The van der Waals surface area contributed by atoms with Crippen molar-refractivity contribution in [2.24, 2.45) is 12.8 Å². The summed E-state index contributed by atoms with van der Waals surface area (Å²) in [6.45, 7) is 1.63. The van der Waals surface area contributed by atoms with E-state index in [0.717, 1.165) is 6.07 Å². The van der Waals surface area contributed by atoms with Gasteiger partial charge in [-0.25, -0.2) is 4.98 Å². The summed E-state index contributed by atoms with van der Waals surface area (Å²) in [6.07, 6.45) is -2.27. The first-order chi connectivity index (χ1) is 16.9. The van der Waals surface area contributed by atoms with Gasteiger partial charge in [-0.05, 0) is 23.5 Å². The van der Waals surface area contributed by atoms with E-state index in [1.165, 1.54) is 27.8 Å². The highest BCUT2D eigenvalue weighted by atomic mass is 32.1. The number of pyridine rings is 1. The van der Waals surface area contributed by atoms with Crippen LogP contribution in [0.5, 0.6) is 0 Å². The van der Waals surface area contributed by atoms with Crippen LogP contribution in [0.3, 0.4) is 0 Å². The molecule has 0 saturated carbocycles. The van der Waals surface area contributed by atoms with Crippen LogP contribution in [-0.4, -0.2) is 41.3 Å². The van der Waals surface area contributed by atoms with Gasteiger partial charge in [-0.15, -0.1) is 11.3 Å². The summed E-state index contributed by atoms with van der Waals surface area (Å²) in [5.41, 5.74) is 5.19. The van der Waals surface area contributed by atoms with Gasteiger partial charge < -0.3 is 21.2 Å². The Morgan fingerprint density at radius 2 is 2.03 bits per heavy atom. The highest BCUT2D eigenvalue weighted by Gasteiger charge is 2.35. The number of nitrogens with two attached hydrogens (primary N) is 1. The quantitative estimate of drug-likeness (QED) is 0.278. The van der Waals surface area contributed by atoms with E-state index in [4.69, 9.17) is 5.73 Å². The molecule has 4 aromatic heterocycles. The molecule has 0 spiro atoms. The molecule has 0 fully saturated rings. The Hall–Kier alpha value is -4.34. The first-order valence-corrected chi connectivity index (χ1v) is 11.0. The van der Waals surface area contributed by atoms with Crippen molar-refractivity contribution in [2.75, 3.05) is 5.32 Å². The normalized spacial score (nSPS) is 11.7. The average molecular weight is 522 g/mol. The van der Waals surface area contributed by atoms with Crippen LogP contribution < -0.4 is 11.1 Å². The van der Waals surface area contributed by atoms with Crippen molar-refractivity contribution < 1.29 is 27.7 Å². The third-order valence-electron chi connectivity index (χ3n) is 5.35. The Morgan fingerprint density at radius 1 is 1.31 bits per heavy atom. The minimum atomic E-state index is -4.77. The van der Waals surface area contributed by atoms with E-state index in [1.807, 2.05) is 0 Å². The molecule has 12 nitrogen and oxygen atoms in total. The van der Waals surface area contributed by atoms with Crippen molar-refractivity contribution in [3.63, 3.8) is 0 Å². The number of hydrogen-bond donors (Lipinski definition) is 2. The van der Waals surface area contributed by atoms with Gasteiger partial charge in [0.05, 0.1) is 35.8 Å². The Labute approximate surface area is 203 Å². The molecule has 0 aliphatic rings. The van der Waals surface area contributed by atoms with Crippen molar-refractivity contribution in [2.45, 2.75) is 26.1 Å². The van der Waals surface area contributed by atoms with Crippen molar-refractivity contribution in [3.05, 3.63) is 50.9 Å². The number of amides is 2. The lowest BCUT2D eigenvalue weighted by Crippen LogP contribution is -2.18. The largest absolute Gasteiger partial charge is 0.433 e. The fraction of sp³-hybridized carbons (Fsp3) is 0.250. The number of rotatable bonds is 7. The van der Waals surface area contributed by atoms with Crippen molar-refractivity contribution in [3.8, 4) is 11.1 Å². The first-order valence-electron chi connectivity index (χ1n) is 10.2. The molecule has 0 unspecified atom stereocenters. The molecule has 36 heavy (non-hydrogen) atoms. The number of anilines is 1. The maximum Gasteiger partial charge on any atom is 0.433 e. The number of nitrogens with one attached hydrogen (secondary N) is 1. The van der Waals surface area contributed by atoms with E-state index in [1.54, 1.807) is 14.0 Å². The van der Waals surface area contributed by atoms with Gasteiger partial charge in [-0.2, -0.15) is 23.0 Å². The van der Waals surface area contributed by atoms with Gasteiger partial charge in [-0.3, -0.25) is 14.3 Å². The molecular weight excluding hydrogens is 505 g/mol. The zero-order valence-corrected chi connectivity index (χ0v) is 19.5. The smallest absolute Gasteiger partial charge is 0.365 e. The number of halogens is 3. The standard InChI is InChI=1S/C20H17F3N8O4S/c1-9-11(8-25-29(9)2)10-7-12(20(21,22)23)26-19-15(10)16(17(36-19)18(24)33)27-14(32)4-6-30-5-3-13(28-30)31(34)35/h3,5,7-8H,4,6H2,1-2H3,(H2,24,33)(H,27,32). The lowest BCUT2D eigenvalue weighted by Gasteiger charge is -2.12. The highest BCUT2D eigenvalue weighted by Crippen LogP contribution is 2.44. The van der Waals surface area contributed by atoms with Crippen LogP contribution in [0.15, 0.2) is 24.5 Å². The molecular formula is C20H17F3N8O4S. The summed E-state index contributed by atoms with van der Waals surface area (Å²) >= 11 is 0.627. The second kappa shape index (κ2) is 9.03. The molecule has 0 aliphatic carbocycles. The summed E-state index contributed by atoms with van der Waals surface area (Å²) in [5.74, 6) is -1.97. The van der Waals surface area contributed by atoms with Crippen LogP contribution in [0.1, 0.15) is 27.5 Å². The number of thiophene rings is 1. The molecule has 4 rings (SSSR count). The van der Waals surface area contributed by atoms with Crippen LogP contribution in [0.2, 0.25) is 0 Å². The molecule has 0 radical (unpaired) electrons. The van der Waals surface area contributed by atoms with Crippen LogP contribution in [-0.2, 0) is 24.6 Å². The molecule has 0 saturated heterocycles. The molecule has 3 N–H and O–H groups in total. The predicted octanol–water partition coefficient (Wildman–Crippen LogP) is 3.26. The summed E-state index contributed by atoms with van der Waals surface area (Å²) < 4.78 is 43.5. The summed E-state index contributed by atoms with van der Waals surface area (Å²) in [7, 11) is 1.62. The van der Waals surface area contributed by atoms with Gasteiger partial charge in [0.2, 0.25) is 5.91 Å². The summed E-state index contributed by atoms with van der Waals surface area (Å²) in [6, 6.07) is 2.00. The van der Waals surface area contributed by atoms with E-state index in [-0.39, 0.29) is 39.3 Å². The van der Waals surface area contributed by atoms with Crippen LogP contribution >= 0.6 is 11.3 Å². The maximum absolute atomic E-state index is 13.6. The number of carbonyl (C=O) groups is 2. The Balaban J connectivity index is 1.79. The van der Waals surface area contributed by atoms with E-state index < -0.39 is 34.4 Å². The van der Waals surface area contributed by atoms with Crippen molar-refractivity contribution in [1.82, 2.24) is 24.5 Å². The van der Waals surface area contributed by atoms with Gasteiger partial charge in [0.15, 0.2) is 0 Å². The third-order valence-corrected chi connectivity index (χ3v) is 6.45. The Bertz CT molecular complexity index is 1520. The molecule has 188 valence electrons. The molecule has 0 bridgehead atoms. The minimum Gasteiger partial charge on any atom is -0.365 e. The number of primary amides is 1. The average Bonchev–Trinajstić information content (AvgIpc) is 3.50. The zero-order valence-electron chi connectivity index (χ0n) is 18.7. The monoisotopic (exact) mass is 522 g/mol. The summed E-state index contributed by atoms with van der Waals surface area (Å²) in [5, 5.41) is 21.2. The second-order valence-electron chi connectivity index (χ2n) is 7.66. The topological polar surface area (TPSA) is 164 Å². The number of carbonyl (C=O) groups excluding carboxylic acids is 2. The molecule has 0 aliphatic heterocycles. The number of aryl methyl sites for hydroxylation is 2. The van der Waals surface area contributed by atoms with Gasteiger partial charge in [0.25, 0.3) is 5.91 Å². The van der Waals surface area contributed by atoms with E-state index in [9.17, 15) is 32.9 Å². The van der Waals surface area contributed by atoms with E-state index in [2.05, 4.69) is 20.5 Å². The molecule has 2 amide bonds. The number of fused-ring (bicyclic) bond motifs is 1. The van der Waals surface area contributed by atoms with E-state index >= 15 is 0 Å². The van der Waals surface area contributed by atoms with Crippen LogP contribution in [0, 0.1) is 17.0 Å². The van der Waals surface area contributed by atoms with Gasteiger partial charge in [0.1, 0.15) is 15.4 Å². The van der Waals surface area contributed by atoms with Crippen molar-refractivity contribution >= 4 is 44.9 Å². The number of hydrogen-bond acceptors (Lipinski definition) is 8. The third kappa shape index (κ3) is 4.61. The fourth-order valence-corrected chi connectivity index (χ4v) is 4.51. The fourth-order valence-electron chi connectivity index (χ4n) is 3.50. The number of aromatic nitrogens is 5. The minimum absolute atomic E-state index is 0.0291. The zero-order chi connectivity index (χ0) is 26.4. The Kier molecular flexibility index (Phi) is 6.21. The molecule has 16 heteroatoms. The summed E-state index contributed by atoms with van der Waals surface area (Å²) in [4.78, 5) is 38.3. The Morgan fingerprint density at radius 3 is 2.58 bits per heavy atom. The molecule has 4 aromatic rings. The predicted molar refractivity (Wildman–Crippen MR) is 122 cm³/mol. The molecule has 0 aromatic carbocycles. The van der Waals surface area contributed by atoms with Gasteiger partial charge >= 0.3 is 12.0 Å². The first kappa shape index (κ1) is 24.8. The van der Waals surface area contributed by atoms with Crippen LogP contribution in [0.4, 0.5) is 24.7 Å². The van der Waals surface area contributed by atoms with Crippen molar-refractivity contribution in [1.29, 1.82) is 0 Å². The lowest BCUT2D eigenvalue weighted by molar-refractivity contribution is -0.389. The number of alkyl halides is 3. The van der Waals surface area contributed by atoms with E-state index in [0.29, 0.717) is 22.6 Å². The van der Waals surface area contributed by atoms with Crippen LogP contribution in [0.25, 0.3) is 21.3 Å². The second-order valence-corrected chi connectivity index (χ2v) is 8.66. The maximum atomic E-state index is 13.6. The van der Waals surface area contributed by atoms with Gasteiger partial charge in [-0.1, -0.05) is 0 Å². The number of nitrogens with zero attached hydrogens (tertiary/aromatic N) is 6. The molecule has 0 atom stereocenters.